The summed E-state index contributed by atoms with van der Waals surface area (Å²) in [4.78, 5) is 12.6. The van der Waals surface area contributed by atoms with Crippen molar-refractivity contribution in [3.63, 3.8) is 0 Å². The molecule has 7 nitrogen and oxygen atoms in total. The van der Waals surface area contributed by atoms with Gasteiger partial charge in [-0.05, 0) is 44.2 Å². The number of benzene rings is 1. The predicted octanol–water partition coefficient (Wildman–Crippen LogP) is 2.74. The SMILES string of the molecule is C[C@H]1CN(S(=O)(=O)c2cccc(C(=O)NCCSCc3ccco3)c2)C[C@H](C)O1. The number of amides is 1. The van der Waals surface area contributed by atoms with Crippen molar-refractivity contribution in [2.24, 2.45) is 0 Å². The summed E-state index contributed by atoms with van der Waals surface area (Å²) < 4.78 is 38.3. The maximum absolute atomic E-state index is 13.0. The van der Waals surface area contributed by atoms with Gasteiger partial charge in [-0.3, -0.25) is 4.79 Å². The lowest BCUT2D eigenvalue weighted by atomic mass is 10.2. The van der Waals surface area contributed by atoms with Gasteiger partial charge in [0.1, 0.15) is 5.76 Å². The van der Waals surface area contributed by atoms with Gasteiger partial charge < -0.3 is 14.5 Å². The van der Waals surface area contributed by atoms with Crippen molar-refractivity contribution in [1.82, 2.24) is 9.62 Å². The Hall–Kier alpha value is -1.81. The maximum atomic E-state index is 13.0. The Bertz CT molecular complexity index is 905. The molecule has 1 aliphatic heterocycles. The number of thioether (sulfide) groups is 1. The summed E-state index contributed by atoms with van der Waals surface area (Å²) in [5.41, 5.74) is 0.330. The van der Waals surface area contributed by atoms with Crippen molar-refractivity contribution in [3.8, 4) is 0 Å². The van der Waals surface area contributed by atoms with Gasteiger partial charge in [0.25, 0.3) is 5.91 Å². The topological polar surface area (TPSA) is 88.9 Å². The first-order valence-corrected chi connectivity index (χ1v) is 12.1. The molecule has 0 unspecified atom stereocenters. The van der Waals surface area contributed by atoms with Crippen LogP contribution in [0.15, 0.2) is 52.0 Å². The fourth-order valence-corrected chi connectivity index (χ4v) is 5.57. The molecule has 2 aromatic rings. The molecular weight excluding hydrogens is 412 g/mol. The van der Waals surface area contributed by atoms with Crippen LogP contribution in [0.4, 0.5) is 0 Å². The van der Waals surface area contributed by atoms with Gasteiger partial charge in [-0.15, -0.1) is 0 Å². The first-order valence-electron chi connectivity index (χ1n) is 9.50. The fourth-order valence-electron chi connectivity index (χ4n) is 3.18. The van der Waals surface area contributed by atoms with E-state index >= 15 is 0 Å². The highest BCUT2D eigenvalue weighted by Crippen LogP contribution is 2.22. The largest absolute Gasteiger partial charge is 0.468 e. The van der Waals surface area contributed by atoms with Crippen LogP contribution < -0.4 is 5.32 Å². The third kappa shape index (κ3) is 5.85. The van der Waals surface area contributed by atoms with Crippen molar-refractivity contribution in [2.45, 2.75) is 36.7 Å². The minimum absolute atomic E-state index is 0.124. The van der Waals surface area contributed by atoms with E-state index in [9.17, 15) is 13.2 Å². The molecule has 1 saturated heterocycles. The lowest BCUT2D eigenvalue weighted by Gasteiger charge is -2.34. The number of hydrogen-bond acceptors (Lipinski definition) is 6. The summed E-state index contributed by atoms with van der Waals surface area (Å²) in [5.74, 6) is 2.08. The number of sulfonamides is 1. The standard InChI is InChI=1S/C20H26N2O5S2/c1-15-12-22(13-16(2)27-15)29(24,25)19-7-3-5-17(11-19)20(23)21-8-10-28-14-18-6-4-9-26-18/h3-7,9,11,15-16H,8,10,12-14H2,1-2H3,(H,21,23)/t15-,16-/m0/s1. The third-order valence-corrected chi connectivity index (χ3v) is 7.29. The van der Waals surface area contributed by atoms with Crippen LogP contribution in [0.2, 0.25) is 0 Å². The van der Waals surface area contributed by atoms with Crippen LogP contribution in [-0.4, -0.2) is 56.2 Å². The van der Waals surface area contributed by atoms with Crippen molar-refractivity contribution < 1.29 is 22.4 Å². The Morgan fingerprint density at radius 1 is 1.21 bits per heavy atom. The van der Waals surface area contributed by atoms with Crippen molar-refractivity contribution in [2.75, 3.05) is 25.4 Å². The number of morpholine rings is 1. The molecule has 1 aromatic heterocycles. The molecule has 9 heteroatoms. The Morgan fingerprint density at radius 3 is 2.66 bits per heavy atom. The highest BCUT2D eigenvalue weighted by molar-refractivity contribution is 7.98. The van der Waals surface area contributed by atoms with Crippen molar-refractivity contribution in [1.29, 1.82) is 0 Å². The number of nitrogens with zero attached hydrogens (tertiary/aromatic N) is 1. The molecule has 1 aliphatic rings. The van der Waals surface area contributed by atoms with Gasteiger partial charge in [0.15, 0.2) is 0 Å². The van der Waals surface area contributed by atoms with E-state index in [-0.39, 0.29) is 23.0 Å². The van der Waals surface area contributed by atoms with E-state index in [4.69, 9.17) is 9.15 Å². The molecule has 3 rings (SSSR count). The summed E-state index contributed by atoms with van der Waals surface area (Å²) >= 11 is 1.65. The molecule has 1 aromatic carbocycles. The molecule has 0 bridgehead atoms. The van der Waals surface area contributed by atoms with Crippen LogP contribution in [0.1, 0.15) is 30.0 Å². The molecule has 0 aliphatic carbocycles. The number of nitrogens with one attached hydrogen (secondary N) is 1. The Labute approximate surface area is 175 Å². The maximum Gasteiger partial charge on any atom is 0.251 e. The van der Waals surface area contributed by atoms with Gasteiger partial charge in [0.05, 0.1) is 29.1 Å². The smallest absolute Gasteiger partial charge is 0.251 e. The van der Waals surface area contributed by atoms with E-state index in [1.807, 2.05) is 26.0 Å². The quantitative estimate of drug-likeness (QED) is 0.638. The van der Waals surface area contributed by atoms with Crippen LogP contribution in [0.5, 0.6) is 0 Å². The third-order valence-electron chi connectivity index (χ3n) is 4.48. The Morgan fingerprint density at radius 2 is 1.97 bits per heavy atom. The van der Waals surface area contributed by atoms with E-state index in [1.165, 1.54) is 16.4 Å². The van der Waals surface area contributed by atoms with Crippen LogP contribution >= 0.6 is 11.8 Å². The zero-order valence-corrected chi connectivity index (χ0v) is 18.2. The van der Waals surface area contributed by atoms with Crippen LogP contribution in [0.3, 0.4) is 0 Å². The molecule has 0 spiro atoms. The summed E-state index contributed by atoms with van der Waals surface area (Å²) in [6.07, 6.45) is 1.30. The lowest BCUT2D eigenvalue weighted by molar-refractivity contribution is -0.0440. The first kappa shape index (κ1) is 21.9. The van der Waals surface area contributed by atoms with Crippen LogP contribution in [0, 0.1) is 0 Å². The second kappa shape index (κ2) is 9.80. The molecule has 0 saturated carbocycles. The molecule has 29 heavy (non-hydrogen) atoms. The number of hydrogen-bond donors (Lipinski definition) is 1. The van der Waals surface area contributed by atoms with Gasteiger partial charge in [0, 0.05) is 31.0 Å². The summed E-state index contributed by atoms with van der Waals surface area (Å²) in [6.45, 7) is 4.80. The normalized spacial score (nSPS) is 20.5. The molecule has 1 N–H and O–H groups in total. The summed E-state index contributed by atoms with van der Waals surface area (Å²) in [6, 6.07) is 9.93. The van der Waals surface area contributed by atoms with Gasteiger partial charge in [0.2, 0.25) is 10.0 Å². The molecule has 158 valence electrons. The van der Waals surface area contributed by atoms with Crippen LogP contribution in [0.25, 0.3) is 0 Å². The number of furan rings is 1. The molecule has 2 atom stereocenters. The van der Waals surface area contributed by atoms with E-state index in [0.29, 0.717) is 25.2 Å². The number of carbonyl (C=O) groups excluding carboxylic acids is 1. The fraction of sp³-hybridized carbons (Fsp3) is 0.450. The molecule has 2 heterocycles. The summed E-state index contributed by atoms with van der Waals surface area (Å²) in [5, 5.41) is 2.83. The lowest BCUT2D eigenvalue weighted by Crippen LogP contribution is -2.48. The predicted molar refractivity (Wildman–Crippen MR) is 112 cm³/mol. The molecule has 1 fully saturated rings. The molecular formula is C20H26N2O5S2. The highest BCUT2D eigenvalue weighted by atomic mass is 32.2. The first-order chi connectivity index (χ1) is 13.9. The minimum atomic E-state index is -3.68. The second-order valence-electron chi connectivity index (χ2n) is 7.00. The average Bonchev–Trinajstić information content (AvgIpc) is 3.20. The van der Waals surface area contributed by atoms with E-state index in [0.717, 1.165) is 17.3 Å². The van der Waals surface area contributed by atoms with Crippen molar-refractivity contribution >= 4 is 27.7 Å². The number of carbonyl (C=O) groups is 1. The second-order valence-corrected chi connectivity index (χ2v) is 10.0. The van der Waals surface area contributed by atoms with Gasteiger partial charge in [-0.1, -0.05) is 6.07 Å². The molecule has 0 radical (unpaired) electrons. The average molecular weight is 439 g/mol. The number of ether oxygens (including phenoxy) is 1. The van der Waals surface area contributed by atoms with Crippen LogP contribution in [-0.2, 0) is 20.5 Å². The van der Waals surface area contributed by atoms with Gasteiger partial charge >= 0.3 is 0 Å². The van der Waals surface area contributed by atoms with Gasteiger partial charge in [-0.25, -0.2) is 8.42 Å². The highest BCUT2D eigenvalue weighted by Gasteiger charge is 2.32. The Kier molecular flexibility index (Phi) is 7.39. The zero-order chi connectivity index (χ0) is 20.9. The summed E-state index contributed by atoms with van der Waals surface area (Å²) in [7, 11) is -3.68. The van der Waals surface area contributed by atoms with E-state index < -0.39 is 10.0 Å². The monoisotopic (exact) mass is 438 g/mol. The minimum Gasteiger partial charge on any atom is -0.468 e. The van der Waals surface area contributed by atoms with Gasteiger partial charge in [-0.2, -0.15) is 16.1 Å². The Balaban J connectivity index is 1.57. The zero-order valence-electron chi connectivity index (χ0n) is 16.5. The molecule has 1 amide bonds. The number of rotatable bonds is 8. The van der Waals surface area contributed by atoms with E-state index in [2.05, 4.69) is 5.32 Å². The van der Waals surface area contributed by atoms with E-state index in [1.54, 1.807) is 30.2 Å². The van der Waals surface area contributed by atoms with Crippen molar-refractivity contribution in [3.05, 3.63) is 54.0 Å².